The van der Waals surface area contributed by atoms with Gasteiger partial charge in [-0.2, -0.15) is 5.26 Å². The van der Waals surface area contributed by atoms with Crippen LogP contribution in [0.3, 0.4) is 0 Å². The lowest BCUT2D eigenvalue weighted by atomic mass is 10.1. The summed E-state index contributed by atoms with van der Waals surface area (Å²) in [7, 11) is 0. The maximum atomic E-state index is 8.81. The van der Waals surface area contributed by atoms with Gasteiger partial charge in [-0.15, -0.1) is 0 Å². The first-order valence-electron chi connectivity index (χ1n) is 5.55. The molecule has 0 bridgehead atoms. The second-order valence-corrected chi connectivity index (χ2v) is 3.68. The molecule has 1 aromatic rings. The quantitative estimate of drug-likeness (QED) is 0.794. The van der Waals surface area contributed by atoms with E-state index < -0.39 is 0 Å². The summed E-state index contributed by atoms with van der Waals surface area (Å²) in [4.78, 5) is 0. The summed E-state index contributed by atoms with van der Waals surface area (Å²) < 4.78 is 0. The van der Waals surface area contributed by atoms with Crippen molar-refractivity contribution in [3.8, 4) is 6.07 Å². The van der Waals surface area contributed by atoms with E-state index in [1.54, 1.807) is 0 Å². The molecule has 0 heterocycles. The van der Waals surface area contributed by atoms with E-state index in [-0.39, 0.29) is 6.04 Å². The van der Waals surface area contributed by atoms with Crippen LogP contribution in [0.15, 0.2) is 24.3 Å². The molecule has 0 saturated heterocycles. The van der Waals surface area contributed by atoms with E-state index >= 15 is 0 Å². The molecule has 1 aromatic carbocycles. The predicted octanol–water partition coefficient (Wildman–Crippen LogP) is 3.35. The second-order valence-electron chi connectivity index (χ2n) is 3.68. The van der Waals surface area contributed by atoms with Gasteiger partial charge in [0, 0.05) is 5.69 Å². The van der Waals surface area contributed by atoms with Gasteiger partial charge in [0.15, 0.2) is 0 Å². The van der Waals surface area contributed by atoms with Crippen LogP contribution in [0.5, 0.6) is 0 Å². The average Bonchev–Trinajstić information content (AvgIpc) is 2.28. The summed E-state index contributed by atoms with van der Waals surface area (Å²) in [5.74, 6) is 0. The van der Waals surface area contributed by atoms with Gasteiger partial charge in [0.1, 0.15) is 6.04 Å². The fourth-order valence-corrected chi connectivity index (χ4v) is 1.48. The number of hydrogen-bond acceptors (Lipinski definition) is 2. The fraction of sp³-hybridized carbons (Fsp3) is 0.462. The van der Waals surface area contributed by atoms with Crippen LogP contribution in [0.4, 0.5) is 5.69 Å². The smallest absolute Gasteiger partial charge is 0.114 e. The SMILES string of the molecule is CCCc1ccc(NC(C#N)CC)cc1. The van der Waals surface area contributed by atoms with E-state index in [1.165, 1.54) is 12.0 Å². The van der Waals surface area contributed by atoms with E-state index in [4.69, 9.17) is 5.26 Å². The molecule has 1 rings (SSSR count). The second kappa shape index (κ2) is 6.08. The van der Waals surface area contributed by atoms with Crippen LogP contribution in [0.1, 0.15) is 32.3 Å². The highest BCUT2D eigenvalue weighted by atomic mass is 14.9. The summed E-state index contributed by atoms with van der Waals surface area (Å²) in [5, 5.41) is 12.0. The Labute approximate surface area is 91.9 Å². The van der Waals surface area contributed by atoms with Crippen LogP contribution in [0.2, 0.25) is 0 Å². The van der Waals surface area contributed by atoms with Crippen LogP contribution in [-0.2, 0) is 6.42 Å². The molecule has 1 unspecified atom stereocenters. The largest absolute Gasteiger partial charge is 0.370 e. The molecule has 1 N–H and O–H groups in total. The molecule has 2 heteroatoms. The van der Waals surface area contributed by atoms with Crippen molar-refractivity contribution >= 4 is 5.69 Å². The van der Waals surface area contributed by atoms with Gasteiger partial charge >= 0.3 is 0 Å². The number of nitriles is 1. The van der Waals surface area contributed by atoms with E-state index in [2.05, 4.69) is 30.4 Å². The standard InChI is InChI=1S/C13H18N2/c1-3-5-11-6-8-13(9-7-11)15-12(4-2)10-14/h6-9,12,15H,3-5H2,1-2H3. The molecule has 2 nitrogen and oxygen atoms in total. The first-order valence-corrected chi connectivity index (χ1v) is 5.55. The topological polar surface area (TPSA) is 35.8 Å². The van der Waals surface area contributed by atoms with Crippen molar-refractivity contribution in [3.05, 3.63) is 29.8 Å². The first-order chi connectivity index (χ1) is 7.30. The molecular weight excluding hydrogens is 184 g/mol. The molecule has 0 amide bonds. The Morgan fingerprint density at radius 1 is 1.27 bits per heavy atom. The van der Waals surface area contributed by atoms with Crippen LogP contribution >= 0.6 is 0 Å². The number of nitrogens with zero attached hydrogens (tertiary/aromatic N) is 1. The molecule has 80 valence electrons. The van der Waals surface area contributed by atoms with Crippen molar-refractivity contribution in [2.45, 2.75) is 39.2 Å². The predicted molar refractivity (Wildman–Crippen MR) is 63.8 cm³/mol. The Morgan fingerprint density at radius 2 is 1.93 bits per heavy atom. The van der Waals surface area contributed by atoms with Crippen LogP contribution in [0.25, 0.3) is 0 Å². The van der Waals surface area contributed by atoms with Crippen LogP contribution in [0, 0.1) is 11.3 Å². The zero-order valence-corrected chi connectivity index (χ0v) is 9.46. The lowest BCUT2D eigenvalue weighted by Crippen LogP contribution is -2.15. The fourth-order valence-electron chi connectivity index (χ4n) is 1.48. The van der Waals surface area contributed by atoms with Crippen molar-refractivity contribution in [1.82, 2.24) is 0 Å². The van der Waals surface area contributed by atoms with Gasteiger partial charge in [0.2, 0.25) is 0 Å². The van der Waals surface area contributed by atoms with Gasteiger partial charge in [-0.1, -0.05) is 32.4 Å². The maximum absolute atomic E-state index is 8.81. The third-order valence-electron chi connectivity index (χ3n) is 2.40. The summed E-state index contributed by atoms with van der Waals surface area (Å²) >= 11 is 0. The van der Waals surface area contributed by atoms with E-state index in [0.717, 1.165) is 18.5 Å². The Kier molecular flexibility index (Phi) is 4.70. The molecule has 0 spiro atoms. The summed E-state index contributed by atoms with van der Waals surface area (Å²) in [5.41, 5.74) is 2.39. The third kappa shape index (κ3) is 3.63. The lowest BCUT2D eigenvalue weighted by Gasteiger charge is -2.10. The minimum Gasteiger partial charge on any atom is -0.370 e. The summed E-state index contributed by atoms with van der Waals surface area (Å²) in [6.45, 7) is 4.18. The number of nitrogens with one attached hydrogen (secondary N) is 1. The Bertz CT molecular complexity index is 321. The van der Waals surface area contributed by atoms with Gasteiger partial charge in [-0.3, -0.25) is 0 Å². The van der Waals surface area contributed by atoms with Crippen molar-refractivity contribution in [2.75, 3.05) is 5.32 Å². The molecule has 0 aromatic heterocycles. The minimum atomic E-state index is -0.0815. The van der Waals surface area contributed by atoms with Crippen molar-refractivity contribution in [3.63, 3.8) is 0 Å². The van der Waals surface area contributed by atoms with E-state index in [1.807, 2.05) is 19.1 Å². The van der Waals surface area contributed by atoms with Gasteiger partial charge in [-0.05, 0) is 30.5 Å². The number of hydrogen-bond donors (Lipinski definition) is 1. The van der Waals surface area contributed by atoms with Crippen molar-refractivity contribution < 1.29 is 0 Å². The van der Waals surface area contributed by atoms with E-state index in [0.29, 0.717) is 0 Å². The average molecular weight is 202 g/mol. The molecule has 0 aliphatic rings. The lowest BCUT2D eigenvalue weighted by molar-refractivity contribution is 0.845. The monoisotopic (exact) mass is 202 g/mol. The first kappa shape index (κ1) is 11.6. The zero-order chi connectivity index (χ0) is 11.1. The van der Waals surface area contributed by atoms with Crippen LogP contribution in [-0.4, -0.2) is 6.04 Å². The Morgan fingerprint density at radius 3 is 2.40 bits per heavy atom. The third-order valence-corrected chi connectivity index (χ3v) is 2.40. The maximum Gasteiger partial charge on any atom is 0.114 e. The highest BCUT2D eigenvalue weighted by Gasteiger charge is 2.02. The van der Waals surface area contributed by atoms with Gasteiger partial charge in [-0.25, -0.2) is 0 Å². The molecule has 0 aliphatic carbocycles. The van der Waals surface area contributed by atoms with Gasteiger partial charge in [0.05, 0.1) is 6.07 Å². The molecular formula is C13H18N2. The molecule has 1 atom stereocenters. The number of rotatable bonds is 5. The van der Waals surface area contributed by atoms with Gasteiger partial charge < -0.3 is 5.32 Å². The summed E-state index contributed by atoms with van der Waals surface area (Å²) in [6, 6.07) is 10.5. The number of aryl methyl sites for hydroxylation is 1. The minimum absolute atomic E-state index is 0.0815. The number of benzene rings is 1. The Hall–Kier alpha value is -1.49. The Balaban J connectivity index is 2.60. The van der Waals surface area contributed by atoms with Gasteiger partial charge in [0.25, 0.3) is 0 Å². The normalized spacial score (nSPS) is 11.8. The van der Waals surface area contributed by atoms with Crippen molar-refractivity contribution in [1.29, 1.82) is 5.26 Å². The number of anilines is 1. The molecule has 0 aliphatic heterocycles. The molecule has 15 heavy (non-hydrogen) atoms. The molecule has 0 radical (unpaired) electrons. The van der Waals surface area contributed by atoms with Crippen LogP contribution < -0.4 is 5.32 Å². The van der Waals surface area contributed by atoms with Crippen molar-refractivity contribution in [2.24, 2.45) is 0 Å². The summed E-state index contributed by atoms with van der Waals surface area (Å²) in [6.07, 6.45) is 3.12. The molecule has 0 fully saturated rings. The molecule has 0 saturated carbocycles. The van der Waals surface area contributed by atoms with E-state index in [9.17, 15) is 0 Å². The zero-order valence-electron chi connectivity index (χ0n) is 9.46. The highest BCUT2D eigenvalue weighted by Crippen LogP contribution is 2.12. The highest BCUT2D eigenvalue weighted by molar-refractivity contribution is 5.46.